The summed E-state index contributed by atoms with van der Waals surface area (Å²) in [6, 6.07) is 4.46. The lowest BCUT2D eigenvalue weighted by Gasteiger charge is -2.19. The van der Waals surface area contributed by atoms with Crippen molar-refractivity contribution in [2.24, 2.45) is 5.92 Å². The van der Waals surface area contributed by atoms with Crippen molar-refractivity contribution in [2.45, 2.75) is 92.1 Å². The third-order valence-corrected chi connectivity index (χ3v) is 4.89. The van der Waals surface area contributed by atoms with Crippen LogP contribution >= 0.6 is 0 Å². The fourth-order valence-electron chi connectivity index (χ4n) is 2.99. The second-order valence-electron chi connectivity index (χ2n) is 8.05. The fraction of sp³-hybridized carbons (Fsp3) is 0.727. The molecule has 0 amide bonds. The van der Waals surface area contributed by atoms with Gasteiger partial charge in [0.05, 0.1) is 12.2 Å². The van der Waals surface area contributed by atoms with E-state index in [1.165, 1.54) is 36.0 Å². The lowest BCUT2D eigenvalue weighted by atomic mass is 9.92. The molecule has 0 aliphatic heterocycles. The van der Waals surface area contributed by atoms with Gasteiger partial charge in [-0.3, -0.25) is 0 Å². The van der Waals surface area contributed by atoms with Crippen LogP contribution in [0.2, 0.25) is 0 Å². The summed E-state index contributed by atoms with van der Waals surface area (Å²) in [4.78, 5) is 0. The summed E-state index contributed by atoms with van der Waals surface area (Å²) in [7, 11) is 0. The van der Waals surface area contributed by atoms with Gasteiger partial charge in [0.15, 0.2) is 0 Å². The number of aliphatic hydroxyl groups is 1. The second kappa shape index (κ2) is 10.1. The molecule has 0 aliphatic carbocycles. The van der Waals surface area contributed by atoms with Gasteiger partial charge < -0.3 is 9.84 Å². The number of unbranched alkanes of at least 4 members (excludes halogenated alkanes) is 1. The van der Waals surface area contributed by atoms with Gasteiger partial charge >= 0.3 is 0 Å². The molecule has 0 aliphatic rings. The van der Waals surface area contributed by atoms with Crippen LogP contribution in [-0.4, -0.2) is 17.3 Å². The van der Waals surface area contributed by atoms with E-state index in [1.807, 2.05) is 13.8 Å². The van der Waals surface area contributed by atoms with E-state index in [0.29, 0.717) is 5.92 Å². The number of hydrogen-bond donors (Lipinski definition) is 1. The molecule has 1 atom stereocenters. The molecule has 0 bridgehead atoms. The van der Waals surface area contributed by atoms with E-state index < -0.39 is 5.60 Å². The predicted molar refractivity (Wildman–Crippen MR) is 104 cm³/mol. The maximum absolute atomic E-state index is 9.82. The van der Waals surface area contributed by atoms with Crippen molar-refractivity contribution in [3.8, 4) is 5.75 Å². The van der Waals surface area contributed by atoms with Gasteiger partial charge in [-0.25, -0.2) is 0 Å². The molecule has 1 aromatic rings. The normalized spacial score (nSPS) is 13.1. The van der Waals surface area contributed by atoms with Crippen molar-refractivity contribution in [3.05, 3.63) is 28.8 Å². The third kappa shape index (κ3) is 7.70. The van der Waals surface area contributed by atoms with Crippen molar-refractivity contribution in [1.82, 2.24) is 0 Å². The minimum atomic E-state index is -0.534. The molecule has 1 rings (SSSR count). The van der Waals surface area contributed by atoms with Crippen molar-refractivity contribution in [3.63, 3.8) is 0 Å². The Morgan fingerprint density at radius 2 is 1.83 bits per heavy atom. The number of aryl methyl sites for hydroxylation is 2. The Bertz CT molecular complexity index is 485. The average Bonchev–Trinajstić information content (AvgIpc) is 2.49. The summed E-state index contributed by atoms with van der Waals surface area (Å²) in [6.07, 6.45) is 7.69. The first-order valence-electron chi connectivity index (χ1n) is 9.69. The molecule has 24 heavy (non-hydrogen) atoms. The summed E-state index contributed by atoms with van der Waals surface area (Å²) in [5.74, 6) is 1.80. The summed E-state index contributed by atoms with van der Waals surface area (Å²) in [6.45, 7) is 13.5. The van der Waals surface area contributed by atoms with Gasteiger partial charge in [0.1, 0.15) is 5.75 Å². The third-order valence-electron chi connectivity index (χ3n) is 4.89. The van der Waals surface area contributed by atoms with Crippen LogP contribution in [0.5, 0.6) is 5.75 Å². The predicted octanol–water partition coefficient (Wildman–Crippen LogP) is 5.99. The largest absolute Gasteiger partial charge is 0.493 e. The van der Waals surface area contributed by atoms with Crippen molar-refractivity contribution in [1.29, 1.82) is 0 Å². The highest BCUT2D eigenvalue weighted by molar-refractivity contribution is 5.45. The van der Waals surface area contributed by atoms with Crippen molar-refractivity contribution < 1.29 is 9.84 Å². The Morgan fingerprint density at radius 1 is 1.12 bits per heavy atom. The Hall–Kier alpha value is -1.02. The lowest BCUT2D eigenvalue weighted by molar-refractivity contribution is 0.0669. The molecular formula is C22H38O2. The first-order chi connectivity index (χ1) is 11.2. The van der Waals surface area contributed by atoms with Crippen molar-refractivity contribution >= 4 is 0 Å². The van der Waals surface area contributed by atoms with Crippen LogP contribution in [0.1, 0.15) is 82.9 Å². The zero-order valence-electron chi connectivity index (χ0n) is 16.7. The molecule has 0 saturated carbocycles. The van der Waals surface area contributed by atoms with E-state index in [2.05, 4.69) is 39.8 Å². The second-order valence-corrected chi connectivity index (χ2v) is 8.05. The molecule has 2 heteroatoms. The van der Waals surface area contributed by atoms with Gasteiger partial charge in [0, 0.05) is 0 Å². The lowest BCUT2D eigenvalue weighted by Crippen LogP contribution is -2.18. The van der Waals surface area contributed by atoms with E-state index in [9.17, 15) is 5.11 Å². The molecule has 1 unspecified atom stereocenters. The highest BCUT2D eigenvalue weighted by Crippen LogP contribution is 2.29. The topological polar surface area (TPSA) is 29.5 Å². The van der Waals surface area contributed by atoms with Crippen LogP contribution in [0, 0.1) is 19.8 Å². The molecule has 0 saturated heterocycles. The standard InChI is InChI=1S/C22H38O2/c1-7-8-16-24-21-19(4)18(3)12-14-20(21)13-11-17(2)10-9-15-22(5,6)23/h12,14,17,23H,7-11,13,15-16H2,1-6H3. The smallest absolute Gasteiger partial charge is 0.125 e. The molecule has 0 radical (unpaired) electrons. The van der Waals surface area contributed by atoms with Crippen LogP contribution in [0.4, 0.5) is 0 Å². The van der Waals surface area contributed by atoms with Crippen LogP contribution in [-0.2, 0) is 6.42 Å². The average molecular weight is 335 g/mol. The Labute approximate surface area is 149 Å². The maximum Gasteiger partial charge on any atom is 0.125 e. The molecule has 0 aromatic heterocycles. The van der Waals surface area contributed by atoms with E-state index in [1.54, 1.807) is 0 Å². The number of benzene rings is 1. The van der Waals surface area contributed by atoms with E-state index in [0.717, 1.165) is 38.0 Å². The van der Waals surface area contributed by atoms with Crippen molar-refractivity contribution in [2.75, 3.05) is 6.61 Å². The van der Waals surface area contributed by atoms with Gasteiger partial charge in [-0.2, -0.15) is 0 Å². The van der Waals surface area contributed by atoms with Gasteiger partial charge in [0.25, 0.3) is 0 Å². The van der Waals surface area contributed by atoms with Gasteiger partial charge in [-0.15, -0.1) is 0 Å². The molecule has 0 heterocycles. The van der Waals surface area contributed by atoms with E-state index in [4.69, 9.17) is 4.74 Å². The quantitative estimate of drug-likeness (QED) is 0.503. The zero-order valence-corrected chi connectivity index (χ0v) is 16.7. The first-order valence-corrected chi connectivity index (χ1v) is 9.69. The molecule has 138 valence electrons. The molecule has 0 spiro atoms. The first kappa shape index (κ1) is 21.0. The molecule has 1 N–H and O–H groups in total. The van der Waals surface area contributed by atoms with E-state index >= 15 is 0 Å². The summed E-state index contributed by atoms with van der Waals surface area (Å²) >= 11 is 0. The van der Waals surface area contributed by atoms with Crippen LogP contribution < -0.4 is 4.74 Å². The zero-order chi connectivity index (χ0) is 18.2. The minimum Gasteiger partial charge on any atom is -0.493 e. The fourth-order valence-corrected chi connectivity index (χ4v) is 2.99. The van der Waals surface area contributed by atoms with Crippen LogP contribution in [0.15, 0.2) is 12.1 Å². The molecule has 1 aromatic carbocycles. The van der Waals surface area contributed by atoms with E-state index in [-0.39, 0.29) is 0 Å². The molecular weight excluding hydrogens is 296 g/mol. The van der Waals surface area contributed by atoms with Crippen LogP contribution in [0.25, 0.3) is 0 Å². The highest BCUT2D eigenvalue weighted by atomic mass is 16.5. The number of ether oxygens (including phenoxy) is 1. The number of rotatable bonds is 11. The Morgan fingerprint density at radius 3 is 2.46 bits per heavy atom. The maximum atomic E-state index is 9.82. The molecule has 2 nitrogen and oxygen atoms in total. The summed E-state index contributed by atoms with van der Waals surface area (Å²) < 4.78 is 6.11. The highest BCUT2D eigenvalue weighted by Gasteiger charge is 2.14. The van der Waals surface area contributed by atoms with Gasteiger partial charge in [-0.1, -0.05) is 45.2 Å². The van der Waals surface area contributed by atoms with Gasteiger partial charge in [0.2, 0.25) is 0 Å². The van der Waals surface area contributed by atoms with Crippen LogP contribution in [0.3, 0.4) is 0 Å². The monoisotopic (exact) mass is 334 g/mol. The SMILES string of the molecule is CCCCOc1c(CCC(C)CCCC(C)(C)O)ccc(C)c1C. The minimum absolute atomic E-state index is 0.534. The Kier molecular flexibility index (Phi) is 8.83. The summed E-state index contributed by atoms with van der Waals surface area (Å²) in [5, 5.41) is 9.82. The number of hydrogen-bond acceptors (Lipinski definition) is 2. The Balaban J connectivity index is 2.58. The van der Waals surface area contributed by atoms with Gasteiger partial charge in [-0.05, 0) is 76.0 Å². The summed E-state index contributed by atoms with van der Waals surface area (Å²) in [5.41, 5.74) is 3.42. The molecule has 0 fully saturated rings.